The van der Waals surface area contributed by atoms with Crippen molar-refractivity contribution in [2.75, 3.05) is 0 Å². The minimum Gasteiger partial charge on any atom is -0.394 e. The lowest BCUT2D eigenvalue weighted by atomic mass is 9.91. The predicted octanol–water partition coefficient (Wildman–Crippen LogP) is 5.03. The van der Waals surface area contributed by atoms with E-state index in [0.717, 1.165) is 31.3 Å². The Morgan fingerprint density at radius 3 is 2.65 bits per heavy atom. The van der Waals surface area contributed by atoms with Crippen molar-refractivity contribution in [2.24, 2.45) is 11.7 Å². The summed E-state index contributed by atoms with van der Waals surface area (Å²) in [6, 6.07) is 0. The van der Waals surface area contributed by atoms with E-state index in [1.165, 1.54) is 12.2 Å². The second-order valence-electron chi connectivity index (χ2n) is 5.49. The second-order valence-corrected chi connectivity index (χ2v) is 5.49. The van der Waals surface area contributed by atoms with Crippen LogP contribution < -0.4 is 5.73 Å². The lowest BCUT2D eigenvalue weighted by molar-refractivity contribution is 0.402. The van der Waals surface area contributed by atoms with Crippen LogP contribution in [0.5, 0.6) is 0 Å². The van der Waals surface area contributed by atoms with Gasteiger partial charge in [0, 0.05) is 0 Å². The molecule has 0 radical (unpaired) electrons. The molecule has 4 nitrogen and oxygen atoms in total. The van der Waals surface area contributed by atoms with Crippen molar-refractivity contribution in [3.8, 4) is 0 Å². The molecule has 0 aliphatic heterocycles. The van der Waals surface area contributed by atoms with E-state index in [0.29, 0.717) is 11.6 Å². The number of aromatic nitrogens is 2. The molecule has 1 aromatic rings. The maximum Gasteiger partial charge on any atom is 0.274 e. The molecule has 1 unspecified atom stereocenters. The molecule has 0 spiro atoms. The van der Waals surface area contributed by atoms with Crippen LogP contribution in [0.15, 0.2) is 41.2 Å². The van der Waals surface area contributed by atoms with E-state index in [9.17, 15) is 4.39 Å². The summed E-state index contributed by atoms with van der Waals surface area (Å²) in [4.78, 5) is 4.19. The van der Waals surface area contributed by atoms with Crippen molar-refractivity contribution in [3.63, 3.8) is 0 Å². The number of halogens is 1. The zero-order valence-electron chi connectivity index (χ0n) is 14.2. The van der Waals surface area contributed by atoms with Crippen LogP contribution in [-0.4, -0.2) is 10.1 Å². The number of nitrogens with zero attached hydrogens (tertiary/aromatic N) is 2. The molecule has 1 aromatic heterocycles. The van der Waals surface area contributed by atoms with Crippen molar-refractivity contribution in [1.82, 2.24) is 10.1 Å². The molecule has 23 heavy (non-hydrogen) atoms. The Balaban J connectivity index is 3.11. The largest absolute Gasteiger partial charge is 0.394 e. The Hall–Kier alpha value is -2.17. The van der Waals surface area contributed by atoms with Crippen LogP contribution >= 0.6 is 0 Å². The summed E-state index contributed by atoms with van der Waals surface area (Å²) in [5, 5.41) is 3.79. The lowest BCUT2D eigenvalue weighted by Crippen LogP contribution is -2.09. The molecule has 2 N–H and O–H groups in total. The average molecular weight is 319 g/mol. The highest BCUT2D eigenvalue weighted by Crippen LogP contribution is 2.27. The van der Waals surface area contributed by atoms with Gasteiger partial charge in [0.05, 0.1) is 11.3 Å². The van der Waals surface area contributed by atoms with E-state index in [2.05, 4.69) is 37.1 Å². The summed E-state index contributed by atoms with van der Waals surface area (Å²) in [5.74, 6) is 0.0592. The van der Waals surface area contributed by atoms with Gasteiger partial charge >= 0.3 is 0 Å². The third-order valence-corrected chi connectivity index (χ3v) is 3.91. The minimum absolute atomic E-state index is 0.116. The van der Waals surface area contributed by atoms with Gasteiger partial charge in [0.25, 0.3) is 5.89 Å². The highest BCUT2D eigenvalue weighted by Gasteiger charge is 2.19. The van der Waals surface area contributed by atoms with Crippen molar-refractivity contribution in [1.29, 1.82) is 0 Å². The van der Waals surface area contributed by atoms with Crippen LogP contribution in [0.1, 0.15) is 58.2 Å². The fraction of sp³-hybridized carbons (Fsp3) is 0.444. The van der Waals surface area contributed by atoms with Gasteiger partial charge in [0.1, 0.15) is 5.83 Å². The first-order valence-corrected chi connectivity index (χ1v) is 7.94. The Bertz CT molecular complexity index is 614. The first kappa shape index (κ1) is 18.9. The van der Waals surface area contributed by atoms with E-state index < -0.39 is 5.83 Å². The second kappa shape index (κ2) is 9.08. The zero-order valence-corrected chi connectivity index (χ0v) is 14.2. The SMILES string of the molecule is C=C/C=C(\C(=C)F)c1noc(/C(N)=C(/C)C(CC)CCCC)n1. The highest BCUT2D eigenvalue weighted by atomic mass is 19.1. The Kier molecular flexibility index (Phi) is 7.45. The average Bonchev–Trinajstić information content (AvgIpc) is 3.01. The first-order valence-electron chi connectivity index (χ1n) is 7.94. The summed E-state index contributed by atoms with van der Waals surface area (Å²) < 4.78 is 18.7. The molecular weight excluding hydrogens is 293 g/mol. The van der Waals surface area contributed by atoms with Crippen LogP contribution in [0.3, 0.4) is 0 Å². The predicted molar refractivity (Wildman–Crippen MR) is 92.8 cm³/mol. The topological polar surface area (TPSA) is 64.9 Å². The number of nitrogens with two attached hydrogens (primary N) is 1. The van der Waals surface area contributed by atoms with Gasteiger partial charge in [-0.25, -0.2) is 4.39 Å². The fourth-order valence-electron chi connectivity index (χ4n) is 2.41. The molecular formula is C18H26FN3O. The molecule has 0 bridgehead atoms. The van der Waals surface area contributed by atoms with E-state index in [-0.39, 0.29) is 17.3 Å². The molecule has 1 atom stereocenters. The molecule has 0 amide bonds. The number of hydrogen-bond donors (Lipinski definition) is 1. The lowest BCUT2D eigenvalue weighted by Gasteiger charge is -2.16. The monoisotopic (exact) mass is 319 g/mol. The van der Waals surface area contributed by atoms with Gasteiger partial charge in [0.2, 0.25) is 5.82 Å². The van der Waals surface area contributed by atoms with Crippen molar-refractivity contribution >= 4 is 11.3 Å². The Labute approximate surface area is 137 Å². The molecule has 126 valence electrons. The minimum atomic E-state index is -0.647. The summed E-state index contributed by atoms with van der Waals surface area (Å²) >= 11 is 0. The molecule has 0 saturated heterocycles. The van der Waals surface area contributed by atoms with E-state index in [4.69, 9.17) is 10.3 Å². The fourth-order valence-corrected chi connectivity index (χ4v) is 2.41. The van der Waals surface area contributed by atoms with Gasteiger partial charge in [-0.1, -0.05) is 51.1 Å². The standard InChI is InChI=1S/C18H26FN3O/c1-6-9-11-14(8-3)12(4)16(20)18-21-17(22-23-18)15(10-7-2)13(5)19/h7,10,14H,2,5-6,8-9,11,20H2,1,3-4H3/b15-10+,16-12+. The number of hydrogen-bond acceptors (Lipinski definition) is 4. The van der Waals surface area contributed by atoms with Crippen LogP contribution in [0.4, 0.5) is 4.39 Å². The van der Waals surface area contributed by atoms with Gasteiger partial charge in [0.15, 0.2) is 0 Å². The summed E-state index contributed by atoms with van der Waals surface area (Å²) in [6.45, 7) is 13.1. The highest BCUT2D eigenvalue weighted by molar-refractivity contribution is 5.74. The van der Waals surface area contributed by atoms with Gasteiger partial charge in [-0.15, -0.1) is 0 Å². The summed E-state index contributed by atoms with van der Waals surface area (Å²) in [6.07, 6.45) is 7.24. The third-order valence-electron chi connectivity index (χ3n) is 3.91. The van der Waals surface area contributed by atoms with E-state index in [1.807, 2.05) is 6.92 Å². The summed E-state index contributed by atoms with van der Waals surface area (Å²) in [7, 11) is 0. The molecule has 0 aliphatic carbocycles. The van der Waals surface area contributed by atoms with Gasteiger partial charge < -0.3 is 10.3 Å². The molecule has 5 heteroatoms. The van der Waals surface area contributed by atoms with Crippen molar-refractivity contribution in [3.05, 3.63) is 48.4 Å². The molecule has 0 aromatic carbocycles. The quantitative estimate of drug-likeness (QED) is 0.648. The van der Waals surface area contributed by atoms with Gasteiger partial charge in [-0.3, -0.25) is 0 Å². The van der Waals surface area contributed by atoms with Crippen molar-refractivity contribution in [2.45, 2.75) is 46.5 Å². The summed E-state index contributed by atoms with van der Waals surface area (Å²) in [5.41, 5.74) is 7.81. The zero-order chi connectivity index (χ0) is 17.4. The number of unbranched alkanes of at least 4 members (excludes halogenated alkanes) is 1. The van der Waals surface area contributed by atoms with Crippen LogP contribution in [-0.2, 0) is 0 Å². The van der Waals surface area contributed by atoms with Crippen LogP contribution in [0, 0.1) is 5.92 Å². The van der Waals surface area contributed by atoms with Crippen molar-refractivity contribution < 1.29 is 8.91 Å². The molecule has 1 heterocycles. The smallest absolute Gasteiger partial charge is 0.274 e. The van der Waals surface area contributed by atoms with Crippen LogP contribution in [0.2, 0.25) is 0 Å². The number of rotatable bonds is 9. The first-order chi connectivity index (χ1) is 11.0. The normalized spacial score (nSPS) is 14.3. The maximum atomic E-state index is 13.5. The Morgan fingerprint density at radius 2 is 2.13 bits per heavy atom. The molecule has 0 fully saturated rings. The number of allylic oxidation sites excluding steroid dienone is 5. The molecule has 0 aliphatic rings. The van der Waals surface area contributed by atoms with Crippen LogP contribution in [0.25, 0.3) is 11.3 Å². The van der Waals surface area contributed by atoms with Gasteiger partial charge in [-0.2, -0.15) is 4.98 Å². The van der Waals surface area contributed by atoms with E-state index in [1.54, 1.807) is 0 Å². The van der Waals surface area contributed by atoms with E-state index >= 15 is 0 Å². The molecule has 0 saturated carbocycles. The molecule has 1 rings (SSSR count). The van der Waals surface area contributed by atoms with Gasteiger partial charge in [-0.05, 0) is 37.3 Å². The Morgan fingerprint density at radius 1 is 1.43 bits per heavy atom. The maximum absolute atomic E-state index is 13.5. The third kappa shape index (κ3) is 4.91.